The zero-order valence-electron chi connectivity index (χ0n) is 1.51. The summed E-state index contributed by atoms with van der Waals surface area (Å²) in [5.74, 6) is 0. The predicted molar refractivity (Wildman–Crippen MR) is 20.3 cm³/mol. The van der Waals surface area contributed by atoms with E-state index in [4.69, 9.17) is 0 Å². The minimum absolute atomic E-state index is 0. The van der Waals surface area contributed by atoms with Crippen molar-refractivity contribution in [3.63, 3.8) is 0 Å². The minimum Gasteiger partial charge on any atom is 0 e. The summed E-state index contributed by atoms with van der Waals surface area (Å²) in [4.78, 5) is 0. The molecule has 0 saturated heterocycles. The molecule has 4 heavy (non-hydrogen) atoms. The van der Waals surface area contributed by atoms with Crippen molar-refractivity contribution in [1.29, 1.82) is 0 Å². The Morgan fingerprint density at radius 1 is 1.00 bits per heavy atom. The molecular weight excluding hydrogens is 276 g/mol. The van der Waals surface area contributed by atoms with Gasteiger partial charge >= 0.3 is 25.8 Å². The van der Waals surface area contributed by atoms with E-state index >= 15 is 0 Å². The third-order valence-corrected chi connectivity index (χ3v) is 0. The maximum absolute atomic E-state index is 0. The van der Waals surface area contributed by atoms with Crippen LogP contribution in [0.15, 0.2) is 0 Å². The number of hydrogen-bond donors (Lipinski definition) is 0. The monoisotopic (exact) mass is 279 g/mol. The second-order valence-corrected chi connectivity index (χ2v) is 0. The second-order valence-electron chi connectivity index (χ2n) is 0. The molecule has 0 aromatic heterocycles. The van der Waals surface area contributed by atoms with E-state index in [9.17, 15) is 0 Å². The summed E-state index contributed by atoms with van der Waals surface area (Å²) < 4.78 is 0. The van der Waals surface area contributed by atoms with Crippen LogP contribution < -0.4 is 0 Å². The van der Waals surface area contributed by atoms with E-state index in [0.29, 0.717) is 0 Å². The zero-order chi connectivity index (χ0) is 0. The van der Waals surface area contributed by atoms with Crippen molar-refractivity contribution in [2.45, 2.75) is 0 Å². The standard InChI is InChI=1S/Cu.In.H2S.Zn.3H/h;;1H2;;;;. The van der Waals surface area contributed by atoms with Gasteiger partial charge in [-0.1, -0.05) is 0 Å². The van der Waals surface area contributed by atoms with Gasteiger partial charge in [-0.05, 0) is 0 Å². The molecule has 0 atom stereocenters. The van der Waals surface area contributed by atoms with Crippen molar-refractivity contribution in [3.8, 4) is 0 Å². The van der Waals surface area contributed by atoms with Crippen LogP contribution >= 0.6 is 13.5 Å². The second kappa shape index (κ2) is 18.3. The SMILES string of the molecule is S.[Cu].[InH3].[Zn]. The van der Waals surface area contributed by atoms with Crippen LogP contribution in [-0.4, -0.2) is 25.8 Å². The summed E-state index contributed by atoms with van der Waals surface area (Å²) in [6.07, 6.45) is 0. The first kappa shape index (κ1) is 32.8. The Labute approximate surface area is 74.9 Å². The molecule has 0 aliphatic carbocycles. The van der Waals surface area contributed by atoms with Gasteiger partial charge in [0.1, 0.15) is 0 Å². The Bertz CT molecular complexity index is 8.00. The van der Waals surface area contributed by atoms with Crippen molar-refractivity contribution in [1.82, 2.24) is 0 Å². The van der Waals surface area contributed by atoms with Crippen LogP contribution in [0.25, 0.3) is 0 Å². The predicted octanol–water partition coefficient (Wildman–Crippen LogP) is -1.08. The molecule has 0 unspecified atom stereocenters. The van der Waals surface area contributed by atoms with Gasteiger partial charge in [-0.15, -0.1) is 0 Å². The van der Waals surface area contributed by atoms with E-state index < -0.39 is 0 Å². The number of rotatable bonds is 0. The van der Waals surface area contributed by atoms with Crippen LogP contribution in [0.1, 0.15) is 0 Å². The van der Waals surface area contributed by atoms with Crippen LogP contribution in [-0.2, 0) is 36.5 Å². The van der Waals surface area contributed by atoms with E-state index in [1.54, 1.807) is 0 Å². The summed E-state index contributed by atoms with van der Waals surface area (Å²) in [5.41, 5.74) is 0. The van der Waals surface area contributed by atoms with Crippen molar-refractivity contribution >= 4 is 39.3 Å². The molecule has 0 rings (SSSR count). The summed E-state index contributed by atoms with van der Waals surface area (Å²) in [6, 6.07) is 0. The fourth-order valence-corrected chi connectivity index (χ4v) is 0. The smallest absolute Gasteiger partial charge is 0 e. The molecule has 0 aliphatic rings. The number of hydrogen-bond acceptors (Lipinski definition) is 0. The molecular formula is H5CuInSZn. The molecule has 0 nitrogen and oxygen atoms in total. The Balaban J connectivity index is 0. The molecule has 27 valence electrons. The van der Waals surface area contributed by atoms with E-state index in [1.165, 1.54) is 0 Å². The summed E-state index contributed by atoms with van der Waals surface area (Å²) in [7, 11) is 0. The topological polar surface area (TPSA) is 0 Å². The van der Waals surface area contributed by atoms with Gasteiger partial charge in [-0.25, -0.2) is 0 Å². The van der Waals surface area contributed by atoms with Crippen molar-refractivity contribution in [2.75, 3.05) is 0 Å². The molecule has 1 radical (unpaired) electrons. The third kappa shape index (κ3) is 8.84. The molecule has 0 aromatic carbocycles. The van der Waals surface area contributed by atoms with Crippen molar-refractivity contribution in [2.24, 2.45) is 0 Å². The van der Waals surface area contributed by atoms with Gasteiger partial charge < -0.3 is 0 Å². The Morgan fingerprint density at radius 3 is 1.00 bits per heavy atom. The fraction of sp³-hybridized carbons (Fsp3) is 0. The molecule has 4 heteroatoms. The normalized spacial score (nSPS) is 0. The zero-order valence-corrected chi connectivity index (χ0v) is 6.42. The van der Waals surface area contributed by atoms with E-state index in [2.05, 4.69) is 0 Å². The quantitative estimate of drug-likeness (QED) is 0.496. The van der Waals surface area contributed by atoms with E-state index in [-0.39, 0.29) is 75.9 Å². The van der Waals surface area contributed by atoms with E-state index in [1.807, 2.05) is 0 Å². The molecule has 0 spiro atoms. The Hall–Kier alpha value is 2.36. The molecule has 0 amide bonds. The van der Waals surface area contributed by atoms with Crippen LogP contribution in [0.4, 0.5) is 0 Å². The van der Waals surface area contributed by atoms with Crippen LogP contribution in [0.5, 0.6) is 0 Å². The Kier molecular flexibility index (Phi) is 150. The van der Waals surface area contributed by atoms with Gasteiger partial charge in [0.25, 0.3) is 0 Å². The Morgan fingerprint density at radius 2 is 1.00 bits per heavy atom. The van der Waals surface area contributed by atoms with Gasteiger partial charge in [0.15, 0.2) is 0 Å². The summed E-state index contributed by atoms with van der Waals surface area (Å²) >= 11 is 0. The molecule has 0 bridgehead atoms. The molecule has 0 heterocycles. The first-order valence-electron chi connectivity index (χ1n) is 0. The van der Waals surface area contributed by atoms with Gasteiger partial charge in [0, 0.05) is 36.5 Å². The van der Waals surface area contributed by atoms with Crippen LogP contribution in [0.3, 0.4) is 0 Å². The van der Waals surface area contributed by atoms with Gasteiger partial charge in [0.2, 0.25) is 0 Å². The molecule has 0 saturated carbocycles. The fourth-order valence-electron chi connectivity index (χ4n) is 0. The van der Waals surface area contributed by atoms with Crippen molar-refractivity contribution in [3.05, 3.63) is 0 Å². The maximum atomic E-state index is 0. The molecule has 0 aromatic rings. The summed E-state index contributed by atoms with van der Waals surface area (Å²) in [6.45, 7) is 0. The molecule has 0 N–H and O–H groups in total. The van der Waals surface area contributed by atoms with Gasteiger partial charge in [-0.3, -0.25) is 0 Å². The van der Waals surface area contributed by atoms with Gasteiger partial charge in [-0.2, -0.15) is 13.5 Å². The average molecular weight is 281 g/mol. The molecule has 0 fully saturated rings. The maximum Gasteiger partial charge on any atom is 0 e. The first-order chi connectivity index (χ1) is 0. The largest absolute Gasteiger partial charge is 0 e. The summed E-state index contributed by atoms with van der Waals surface area (Å²) in [5, 5.41) is 0. The van der Waals surface area contributed by atoms with Crippen LogP contribution in [0, 0.1) is 0 Å². The third-order valence-electron chi connectivity index (χ3n) is 0. The van der Waals surface area contributed by atoms with E-state index in [0.717, 1.165) is 0 Å². The molecule has 0 aliphatic heterocycles. The van der Waals surface area contributed by atoms with Crippen molar-refractivity contribution < 1.29 is 36.5 Å². The van der Waals surface area contributed by atoms with Crippen LogP contribution in [0.2, 0.25) is 0 Å². The van der Waals surface area contributed by atoms with Gasteiger partial charge in [0.05, 0.1) is 0 Å². The minimum atomic E-state index is 0. The first-order valence-corrected chi connectivity index (χ1v) is 0. The average Bonchev–Trinajstić information content (AvgIpc) is 0.